The maximum Gasteiger partial charge on any atom is 2.00 e. The van der Waals surface area contributed by atoms with Gasteiger partial charge in [0, 0.05) is 22.1 Å². The summed E-state index contributed by atoms with van der Waals surface area (Å²) in [7, 11) is -1.10. The summed E-state index contributed by atoms with van der Waals surface area (Å²) in [5, 5.41) is 0. The second-order valence-corrected chi connectivity index (χ2v) is 15.4. The van der Waals surface area contributed by atoms with Crippen molar-refractivity contribution in [3.05, 3.63) is 77.5 Å². The average Bonchev–Trinajstić information content (AvgIpc) is 3.59. The van der Waals surface area contributed by atoms with Crippen molar-refractivity contribution in [1.82, 2.24) is 19.9 Å². The number of carbonyl (C=O) groups excluding carboxylic acids is 1. The first-order valence-corrected chi connectivity index (χ1v) is 15.5. The normalized spacial score (nSPS) is 11.3. The first-order chi connectivity index (χ1) is 17.4. The molecule has 0 unspecified atom stereocenters. The Hall–Kier alpha value is -3.57. The van der Waals surface area contributed by atoms with Crippen LogP contribution in [-0.2, 0) is 29.0 Å². The first-order valence-electron chi connectivity index (χ1n) is 12.0. The molecule has 2 aliphatic rings. The summed E-state index contributed by atoms with van der Waals surface area (Å²) in [5.74, 6) is 0. The molecule has 4 N–H and O–H groups in total. The van der Waals surface area contributed by atoms with Gasteiger partial charge in [0.05, 0.1) is 28.4 Å². The van der Waals surface area contributed by atoms with Crippen LogP contribution in [-0.4, -0.2) is 40.1 Å². The number of ether oxygens (including phenoxy) is 1. The minimum atomic E-state index is -1.10. The molecule has 0 radical (unpaired) electrons. The Labute approximate surface area is 244 Å². The molecule has 0 saturated heterocycles. The van der Waals surface area contributed by atoms with Crippen LogP contribution >= 0.6 is 0 Å². The molecule has 2 aliphatic heterocycles. The molecule has 7 nitrogen and oxygen atoms in total. The molecular formula is C30H35N5O2SiZn. The van der Waals surface area contributed by atoms with Crippen LogP contribution in [0.2, 0.25) is 19.6 Å². The third-order valence-corrected chi connectivity index (χ3v) is 5.69. The quantitative estimate of drug-likeness (QED) is 0.118. The van der Waals surface area contributed by atoms with E-state index in [9.17, 15) is 4.79 Å². The summed E-state index contributed by atoms with van der Waals surface area (Å²) in [4.78, 5) is 25.5. The molecule has 0 atom stereocenters. The van der Waals surface area contributed by atoms with Crippen LogP contribution in [0.25, 0.3) is 52.5 Å². The first kappa shape index (κ1) is 33.5. The van der Waals surface area contributed by atoms with E-state index in [1.807, 2.05) is 42.5 Å². The maximum absolute atomic E-state index is 9.47. The Morgan fingerprint density at radius 1 is 0.769 bits per heavy atom. The molecule has 0 aromatic carbocycles. The van der Waals surface area contributed by atoms with Gasteiger partial charge in [0.25, 0.3) is 0 Å². The predicted octanol–water partition coefficient (Wildman–Crippen LogP) is 7.74. The number of aromatic amines is 2. The Balaban J connectivity index is 0.000000430. The van der Waals surface area contributed by atoms with E-state index in [1.165, 1.54) is 6.47 Å². The van der Waals surface area contributed by atoms with Crippen LogP contribution in [0.4, 0.5) is 0 Å². The van der Waals surface area contributed by atoms with Gasteiger partial charge in [0.15, 0.2) is 0 Å². The number of hydrogen-bond donors (Lipinski definition) is 2. The number of nitrogens with zero attached hydrogens (tertiary/aromatic N) is 2. The van der Waals surface area contributed by atoms with Gasteiger partial charge in [-0.15, -0.1) is 12.0 Å². The van der Waals surface area contributed by atoms with Gasteiger partial charge in [0.1, 0.15) is 8.07 Å². The molecule has 0 saturated carbocycles. The van der Waals surface area contributed by atoms with Crippen molar-refractivity contribution in [2.45, 2.75) is 46.0 Å². The monoisotopic (exact) mass is 589 g/mol. The number of hydrogen-bond acceptors (Lipinski definition) is 4. The van der Waals surface area contributed by atoms with E-state index in [0.29, 0.717) is 0 Å². The van der Waals surface area contributed by atoms with Crippen molar-refractivity contribution in [3.8, 4) is 12.0 Å². The van der Waals surface area contributed by atoms with Crippen LogP contribution in [0, 0.1) is 12.0 Å². The van der Waals surface area contributed by atoms with Gasteiger partial charge < -0.3 is 25.6 Å². The third kappa shape index (κ3) is 11.8. The van der Waals surface area contributed by atoms with Crippen molar-refractivity contribution in [2.24, 2.45) is 0 Å². The summed E-state index contributed by atoms with van der Waals surface area (Å²) in [6.07, 6.45) is 13.2. The van der Waals surface area contributed by atoms with Gasteiger partial charge in [-0.05, 0) is 93.6 Å². The fourth-order valence-corrected chi connectivity index (χ4v) is 3.07. The molecule has 198 valence electrons. The van der Waals surface area contributed by atoms with E-state index in [0.717, 1.165) is 44.8 Å². The molecule has 9 heteroatoms. The third-order valence-electron chi connectivity index (χ3n) is 4.82. The maximum atomic E-state index is 9.47. The molecule has 0 aliphatic carbocycles. The molecule has 3 aromatic heterocycles. The van der Waals surface area contributed by atoms with Crippen molar-refractivity contribution in [2.75, 3.05) is 0 Å². The van der Waals surface area contributed by atoms with Gasteiger partial charge >= 0.3 is 19.5 Å². The fourth-order valence-electron chi connectivity index (χ4n) is 3.07. The van der Waals surface area contributed by atoms with Crippen LogP contribution < -0.4 is 0 Å². The molecule has 8 bridgehead atoms. The summed E-state index contributed by atoms with van der Waals surface area (Å²) >= 11 is 0. The van der Waals surface area contributed by atoms with Crippen molar-refractivity contribution < 1.29 is 29.0 Å². The minimum absolute atomic E-state index is 0. The van der Waals surface area contributed by atoms with Gasteiger partial charge in [-0.1, -0.05) is 26.1 Å². The molecule has 5 heterocycles. The second-order valence-electron chi connectivity index (χ2n) is 10.6. The van der Waals surface area contributed by atoms with Gasteiger partial charge in [-0.3, -0.25) is 0 Å². The van der Waals surface area contributed by atoms with E-state index in [-0.39, 0.29) is 31.2 Å². The van der Waals surface area contributed by atoms with Crippen LogP contribution in [0.3, 0.4) is 0 Å². The Kier molecular flexibility index (Phi) is 12.5. The second kappa shape index (κ2) is 14.5. The largest absolute Gasteiger partial charge is 2.00 e. The van der Waals surface area contributed by atoms with Crippen LogP contribution in [0.1, 0.15) is 43.5 Å². The van der Waals surface area contributed by atoms with Crippen molar-refractivity contribution in [3.63, 3.8) is 0 Å². The number of rotatable bonds is 1. The zero-order valence-corrected chi connectivity index (χ0v) is 27.5. The summed E-state index contributed by atoms with van der Waals surface area (Å²) < 4.78 is 4.42. The SMILES string of the molecule is C#C[Si](C)(C)C.C1=Cc2cc3ccc(cc4ccc(cc5nc(cc1n2)C=C5)[nH]4)[nH]3.CC(C)(C)O[C-]=O.[NH2-].[Zn+2]. The topological polar surface area (TPSA) is 117 Å². The number of H-pyrrole nitrogens is 2. The summed E-state index contributed by atoms with van der Waals surface area (Å²) in [6, 6.07) is 16.4. The smallest absolute Gasteiger partial charge is 0.693 e. The van der Waals surface area contributed by atoms with Crippen molar-refractivity contribution in [1.29, 1.82) is 0 Å². The zero-order chi connectivity index (χ0) is 27.1. The number of terminal acetylenes is 1. The standard InChI is InChI=1S/C20H14N4.C5H9O2.C5H10Si.H2N.Zn/c1-2-14-10-16-5-6-18(23-16)12-20-8-7-19(24-20)11-17-4-3-15(22-17)9-13(1)21-14;1-5(2,3)7-4-6;1-5-6(2,3)4;;/h1-12,21-22H;1-3H3;1H,2-4H3;1H2;/q;-1;;-1;+2. The Morgan fingerprint density at radius 2 is 1.10 bits per heavy atom. The molecule has 5 rings (SSSR count). The van der Waals surface area contributed by atoms with E-state index in [4.69, 9.17) is 6.42 Å². The average molecular weight is 591 g/mol. The Bertz CT molecular complexity index is 1430. The van der Waals surface area contributed by atoms with Crippen molar-refractivity contribution >= 4 is 60.9 Å². The van der Waals surface area contributed by atoms with Crippen LogP contribution in [0.5, 0.6) is 0 Å². The minimum Gasteiger partial charge on any atom is -0.693 e. The number of fused-ring (bicyclic) bond motifs is 8. The predicted molar refractivity (Wildman–Crippen MR) is 163 cm³/mol. The molecule has 0 spiro atoms. The van der Waals surface area contributed by atoms with E-state index < -0.39 is 8.07 Å². The van der Waals surface area contributed by atoms with E-state index in [1.54, 1.807) is 20.8 Å². The van der Waals surface area contributed by atoms with Gasteiger partial charge in [-0.2, -0.15) is 0 Å². The van der Waals surface area contributed by atoms with E-state index >= 15 is 0 Å². The van der Waals surface area contributed by atoms with Crippen LogP contribution in [0.15, 0.2) is 48.5 Å². The number of nitrogens with two attached hydrogens (primary N) is 1. The Morgan fingerprint density at radius 3 is 1.38 bits per heavy atom. The number of aromatic nitrogens is 4. The van der Waals surface area contributed by atoms with Gasteiger partial charge in [-0.25, -0.2) is 9.97 Å². The fraction of sp³-hybridized carbons (Fsp3) is 0.233. The van der Waals surface area contributed by atoms with E-state index in [2.05, 4.69) is 80.2 Å². The molecular weight excluding hydrogens is 556 g/mol. The zero-order valence-electron chi connectivity index (χ0n) is 23.5. The summed E-state index contributed by atoms with van der Waals surface area (Å²) in [6.45, 7) is 13.2. The van der Waals surface area contributed by atoms with Gasteiger partial charge in [0.2, 0.25) is 0 Å². The molecule has 39 heavy (non-hydrogen) atoms. The summed E-state index contributed by atoms with van der Waals surface area (Å²) in [5.41, 5.74) is 10.2. The number of nitrogens with one attached hydrogen (secondary N) is 2. The molecule has 0 amide bonds. The molecule has 3 aromatic rings. The molecule has 0 fully saturated rings.